The third-order valence-corrected chi connectivity index (χ3v) is 7.63. The van der Waals surface area contributed by atoms with Crippen LogP contribution >= 0.6 is 0 Å². The summed E-state index contributed by atoms with van der Waals surface area (Å²) in [4.78, 5) is 51.1. The number of carbonyl (C=O) groups is 4. The van der Waals surface area contributed by atoms with Crippen molar-refractivity contribution in [2.45, 2.75) is 37.7 Å². The predicted octanol–water partition coefficient (Wildman–Crippen LogP) is 0.402. The van der Waals surface area contributed by atoms with E-state index < -0.39 is 5.41 Å². The van der Waals surface area contributed by atoms with Gasteiger partial charge in [0.15, 0.2) is 0 Å². The highest BCUT2D eigenvalue weighted by Crippen LogP contribution is 2.60. The van der Waals surface area contributed by atoms with Gasteiger partial charge in [-0.3, -0.25) is 19.2 Å². The van der Waals surface area contributed by atoms with Crippen molar-refractivity contribution >= 4 is 29.3 Å². The summed E-state index contributed by atoms with van der Waals surface area (Å²) in [5.41, 5.74) is 1.06. The number of amides is 4. The minimum Gasteiger partial charge on any atom is -0.377 e. The fourth-order valence-corrected chi connectivity index (χ4v) is 5.86. The van der Waals surface area contributed by atoms with Crippen molar-refractivity contribution in [1.29, 1.82) is 0 Å². The largest absolute Gasteiger partial charge is 0.377 e. The number of para-hydroxylation sites is 1. The molecule has 9 heteroatoms. The van der Waals surface area contributed by atoms with Crippen LogP contribution in [0.2, 0.25) is 0 Å². The Morgan fingerprint density at radius 3 is 2.82 bits per heavy atom. The molecule has 176 valence electrons. The number of rotatable bonds is 6. The Balaban J connectivity index is 1.14. The fraction of sp³-hybridized carbons (Fsp3) is 0.583. The number of piperidine rings is 1. The Hall–Kier alpha value is -2.94. The summed E-state index contributed by atoms with van der Waals surface area (Å²) in [7, 11) is 0. The van der Waals surface area contributed by atoms with E-state index in [1.807, 2.05) is 29.2 Å². The lowest BCUT2D eigenvalue weighted by Gasteiger charge is -2.36. The first kappa shape index (κ1) is 21.9. The smallest absolute Gasteiger partial charge is 0.235 e. The molecule has 1 spiro atoms. The lowest BCUT2D eigenvalue weighted by Crippen LogP contribution is -2.46. The van der Waals surface area contributed by atoms with Crippen molar-refractivity contribution in [3.63, 3.8) is 0 Å². The third kappa shape index (κ3) is 3.88. The first-order valence-electron chi connectivity index (χ1n) is 11.7. The van der Waals surface area contributed by atoms with Crippen molar-refractivity contribution in [2.24, 2.45) is 17.8 Å². The second kappa shape index (κ2) is 8.44. The van der Waals surface area contributed by atoms with Crippen LogP contribution in [0.3, 0.4) is 0 Å². The molecule has 4 amide bonds. The van der Waals surface area contributed by atoms with Crippen molar-refractivity contribution in [1.82, 2.24) is 15.5 Å². The molecule has 5 rings (SSSR count). The molecule has 0 aromatic heterocycles. The quantitative estimate of drug-likeness (QED) is 0.538. The predicted molar refractivity (Wildman–Crippen MR) is 119 cm³/mol. The Kier molecular flexibility index (Phi) is 5.60. The molecule has 3 N–H and O–H groups in total. The van der Waals surface area contributed by atoms with Gasteiger partial charge < -0.3 is 25.6 Å². The standard InChI is InChI=1S/C24H30N4O5/c1-14(29)25-7-8-26-21(30)10-20-16-6-9-28(12-15(16)13-33-20)22(31)18-11-24(18)17-4-2-3-5-19(17)27-23(24)32/h2-5,15-16,18,20H,6-13H2,1H3,(H,25,29)(H,26,30)(H,27,32)/t15-,16+,18-,20+,24+/m1/s1. The molecule has 9 nitrogen and oxygen atoms in total. The summed E-state index contributed by atoms with van der Waals surface area (Å²) >= 11 is 0. The van der Waals surface area contributed by atoms with Crippen LogP contribution in [0.1, 0.15) is 31.7 Å². The van der Waals surface area contributed by atoms with Crippen LogP contribution in [-0.2, 0) is 29.3 Å². The number of fused-ring (bicyclic) bond motifs is 3. The summed E-state index contributed by atoms with van der Waals surface area (Å²) in [5, 5.41) is 8.40. The normalized spacial score (nSPS) is 31.5. The van der Waals surface area contributed by atoms with Gasteiger partial charge in [-0.1, -0.05) is 18.2 Å². The minimum absolute atomic E-state index is 0.0551. The van der Waals surface area contributed by atoms with E-state index in [4.69, 9.17) is 4.74 Å². The second-order valence-electron chi connectivity index (χ2n) is 9.63. The monoisotopic (exact) mass is 454 g/mol. The van der Waals surface area contributed by atoms with Gasteiger partial charge in [-0.05, 0) is 30.4 Å². The van der Waals surface area contributed by atoms with Crippen LogP contribution in [0.5, 0.6) is 0 Å². The van der Waals surface area contributed by atoms with Gasteiger partial charge in [-0.2, -0.15) is 0 Å². The summed E-state index contributed by atoms with van der Waals surface area (Å²) in [6.45, 7) is 4.01. The molecule has 1 saturated carbocycles. The molecule has 3 heterocycles. The number of carbonyl (C=O) groups excluding carboxylic acids is 4. The first-order valence-corrected chi connectivity index (χ1v) is 11.7. The van der Waals surface area contributed by atoms with E-state index in [9.17, 15) is 19.2 Å². The third-order valence-electron chi connectivity index (χ3n) is 7.63. The molecule has 0 radical (unpaired) electrons. The van der Waals surface area contributed by atoms with Crippen LogP contribution in [0.25, 0.3) is 0 Å². The number of likely N-dealkylation sites (tertiary alicyclic amines) is 1. The Morgan fingerprint density at radius 2 is 2.00 bits per heavy atom. The number of anilines is 1. The number of hydrogen-bond acceptors (Lipinski definition) is 5. The molecule has 0 bridgehead atoms. The van der Waals surface area contributed by atoms with Crippen LogP contribution in [0, 0.1) is 17.8 Å². The van der Waals surface area contributed by atoms with Crippen LogP contribution in [0.4, 0.5) is 5.69 Å². The molecule has 33 heavy (non-hydrogen) atoms. The van der Waals surface area contributed by atoms with Crippen molar-refractivity contribution < 1.29 is 23.9 Å². The maximum absolute atomic E-state index is 13.3. The maximum Gasteiger partial charge on any atom is 0.235 e. The molecule has 0 unspecified atom stereocenters. The molecule has 2 saturated heterocycles. The average molecular weight is 455 g/mol. The number of nitrogens with zero attached hydrogens (tertiary/aromatic N) is 1. The van der Waals surface area contributed by atoms with E-state index in [1.54, 1.807) is 0 Å². The summed E-state index contributed by atoms with van der Waals surface area (Å²) in [6.07, 6.45) is 1.50. The topological polar surface area (TPSA) is 117 Å². The minimum atomic E-state index is -0.700. The van der Waals surface area contributed by atoms with Crippen LogP contribution < -0.4 is 16.0 Å². The molecule has 3 fully saturated rings. The van der Waals surface area contributed by atoms with Gasteiger partial charge in [-0.25, -0.2) is 0 Å². The van der Waals surface area contributed by atoms with Gasteiger partial charge in [0.1, 0.15) is 0 Å². The molecule has 3 aliphatic heterocycles. The maximum atomic E-state index is 13.3. The highest BCUT2D eigenvalue weighted by molar-refractivity contribution is 6.12. The summed E-state index contributed by atoms with van der Waals surface area (Å²) in [5.74, 6) is -0.0637. The van der Waals surface area contributed by atoms with Crippen molar-refractivity contribution in [3.05, 3.63) is 29.8 Å². The summed E-state index contributed by atoms with van der Waals surface area (Å²) < 4.78 is 5.94. The highest BCUT2D eigenvalue weighted by atomic mass is 16.5. The SMILES string of the molecule is CC(=O)NCCNC(=O)C[C@@H]1OC[C@H]2CN(C(=O)[C@H]3C[C@@]34C(=O)Nc3ccccc34)CC[C@@H]21. The number of ether oxygens (including phenoxy) is 1. The van der Waals surface area contributed by atoms with Gasteiger partial charge in [0.2, 0.25) is 23.6 Å². The van der Waals surface area contributed by atoms with E-state index in [-0.39, 0.29) is 53.9 Å². The zero-order valence-corrected chi connectivity index (χ0v) is 18.8. The zero-order valence-electron chi connectivity index (χ0n) is 18.8. The van der Waals surface area contributed by atoms with Crippen LogP contribution in [0.15, 0.2) is 24.3 Å². The van der Waals surface area contributed by atoms with Crippen molar-refractivity contribution in [3.8, 4) is 0 Å². The zero-order chi connectivity index (χ0) is 23.2. The Bertz CT molecular complexity index is 997. The number of hydrogen-bond donors (Lipinski definition) is 3. The van der Waals surface area contributed by atoms with Crippen LogP contribution in [-0.4, -0.2) is 67.4 Å². The van der Waals surface area contributed by atoms with E-state index in [2.05, 4.69) is 16.0 Å². The Labute approximate surface area is 192 Å². The molecule has 1 aromatic carbocycles. The van der Waals surface area contributed by atoms with Gasteiger partial charge in [0.05, 0.1) is 30.5 Å². The van der Waals surface area contributed by atoms with Gasteiger partial charge in [0.25, 0.3) is 0 Å². The van der Waals surface area contributed by atoms with Gasteiger partial charge >= 0.3 is 0 Å². The number of benzene rings is 1. The van der Waals surface area contributed by atoms with Gasteiger partial charge in [0, 0.05) is 44.7 Å². The van der Waals surface area contributed by atoms with E-state index in [1.165, 1.54) is 6.92 Å². The second-order valence-corrected chi connectivity index (χ2v) is 9.63. The molecule has 5 atom stereocenters. The van der Waals surface area contributed by atoms with E-state index in [0.29, 0.717) is 39.2 Å². The van der Waals surface area contributed by atoms with Crippen molar-refractivity contribution in [2.75, 3.05) is 38.1 Å². The van der Waals surface area contributed by atoms with Gasteiger partial charge in [-0.15, -0.1) is 0 Å². The number of nitrogens with one attached hydrogen (secondary N) is 3. The molecular weight excluding hydrogens is 424 g/mol. The van der Waals surface area contributed by atoms with E-state index in [0.717, 1.165) is 17.7 Å². The molecular formula is C24H30N4O5. The lowest BCUT2D eigenvalue weighted by atomic mass is 9.83. The Morgan fingerprint density at radius 1 is 1.21 bits per heavy atom. The van der Waals surface area contributed by atoms with E-state index >= 15 is 0 Å². The molecule has 1 aliphatic carbocycles. The molecule has 4 aliphatic rings. The average Bonchev–Trinajstić information content (AvgIpc) is 3.34. The molecule has 1 aromatic rings. The lowest BCUT2D eigenvalue weighted by molar-refractivity contribution is -0.136. The highest BCUT2D eigenvalue weighted by Gasteiger charge is 2.68. The fourth-order valence-electron chi connectivity index (χ4n) is 5.86. The summed E-state index contributed by atoms with van der Waals surface area (Å²) in [6, 6.07) is 7.64. The first-order chi connectivity index (χ1) is 15.9.